The van der Waals surface area contributed by atoms with Crippen LogP contribution in [0.15, 0.2) is 0 Å². The van der Waals surface area contributed by atoms with Crippen LogP contribution in [-0.2, 0) is 9.53 Å². The summed E-state index contributed by atoms with van der Waals surface area (Å²) in [6.07, 6.45) is 48.5. The first-order valence-corrected chi connectivity index (χ1v) is 25.1. The van der Waals surface area contributed by atoms with E-state index in [9.17, 15) is 4.79 Å². The van der Waals surface area contributed by atoms with Crippen LogP contribution >= 0.6 is 0 Å². The van der Waals surface area contributed by atoms with Crippen molar-refractivity contribution in [1.29, 1.82) is 0 Å². The molecule has 0 amide bonds. The zero-order valence-corrected chi connectivity index (χ0v) is 37.9. The Morgan fingerprint density at radius 2 is 0.741 bits per heavy atom. The molecule has 0 radical (unpaired) electrons. The van der Waals surface area contributed by atoms with E-state index in [-0.39, 0.29) is 12.1 Å². The molecule has 0 aromatic heterocycles. The lowest BCUT2D eigenvalue weighted by Gasteiger charge is -2.32. The molecule has 0 saturated carbocycles. The summed E-state index contributed by atoms with van der Waals surface area (Å²) in [5.74, 6) is 2.04. The van der Waals surface area contributed by atoms with Crippen molar-refractivity contribution in [3.63, 3.8) is 0 Å². The number of carbonyl (C=O) groups is 1. The molecule has 0 atom stereocenters. The van der Waals surface area contributed by atoms with E-state index in [4.69, 9.17) is 4.74 Å². The molecule has 1 aliphatic rings. The van der Waals surface area contributed by atoms with E-state index in [1.807, 2.05) is 0 Å². The van der Waals surface area contributed by atoms with Gasteiger partial charge in [0.2, 0.25) is 0 Å². The lowest BCUT2D eigenvalue weighted by atomic mass is 9.90. The lowest BCUT2D eigenvalue weighted by molar-refractivity contribution is -0.150. The number of rotatable bonds is 41. The molecule has 0 unspecified atom stereocenters. The molecule has 1 aliphatic heterocycles. The second kappa shape index (κ2) is 39.2. The summed E-state index contributed by atoms with van der Waals surface area (Å²) < 4.78 is 6.18. The maximum absolute atomic E-state index is 12.9. The molecule has 0 aromatic rings. The van der Waals surface area contributed by atoms with Gasteiger partial charge in [0.1, 0.15) is 6.10 Å². The van der Waals surface area contributed by atoms with Crippen LogP contribution in [0.5, 0.6) is 0 Å². The number of piperazine rings is 1. The van der Waals surface area contributed by atoms with Gasteiger partial charge in [0, 0.05) is 32.6 Å². The normalized spacial score (nSPS) is 14.3. The maximum atomic E-state index is 12.9. The maximum Gasteiger partial charge on any atom is 0.306 e. The zero-order chi connectivity index (χ0) is 39.2. The minimum Gasteiger partial charge on any atom is -0.462 e. The summed E-state index contributed by atoms with van der Waals surface area (Å²) in [6, 6.07) is 0. The first kappa shape index (κ1) is 51.4. The standard InChI is InChI=1S/C50H100N2O2/c1-6-10-33-47(34-11-7-2)37-28-24-20-16-14-18-22-26-30-39-49(54-50(53)41-32-42-52-45-43-51(5)44-46-52)40-31-27-23-19-15-17-21-25-29-38-48(35-12-8-3)36-13-9-4/h47-49H,6-46H2,1-5H3. The lowest BCUT2D eigenvalue weighted by Crippen LogP contribution is -2.44. The molecule has 0 aromatic carbocycles. The molecule has 4 nitrogen and oxygen atoms in total. The number of nitrogens with zero attached hydrogens (tertiary/aromatic N) is 2. The van der Waals surface area contributed by atoms with Crippen LogP contribution in [0.2, 0.25) is 0 Å². The van der Waals surface area contributed by atoms with E-state index in [2.05, 4.69) is 44.5 Å². The first-order valence-electron chi connectivity index (χ1n) is 25.1. The predicted octanol–water partition coefficient (Wildman–Crippen LogP) is 15.5. The summed E-state index contributed by atoms with van der Waals surface area (Å²) in [7, 11) is 2.20. The number of likely N-dealkylation sites (N-methyl/N-ethyl adjacent to an activating group) is 1. The van der Waals surface area contributed by atoms with E-state index in [1.165, 1.54) is 205 Å². The molecule has 54 heavy (non-hydrogen) atoms. The van der Waals surface area contributed by atoms with Gasteiger partial charge in [0.05, 0.1) is 0 Å². The van der Waals surface area contributed by atoms with Crippen LogP contribution in [0.3, 0.4) is 0 Å². The van der Waals surface area contributed by atoms with Crippen molar-refractivity contribution < 1.29 is 9.53 Å². The molecule has 1 rings (SSSR count). The molecule has 0 N–H and O–H groups in total. The summed E-state index contributed by atoms with van der Waals surface area (Å²) in [6.45, 7) is 14.9. The third kappa shape index (κ3) is 32.5. The second-order valence-electron chi connectivity index (χ2n) is 18.2. The van der Waals surface area contributed by atoms with Gasteiger partial charge in [-0.3, -0.25) is 4.79 Å². The van der Waals surface area contributed by atoms with E-state index in [0.717, 1.165) is 63.8 Å². The Kier molecular flexibility index (Phi) is 37.3. The van der Waals surface area contributed by atoms with Crippen LogP contribution < -0.4 is 0 Å². The molecule has 0 aliphatic carbocycles. The van der Waals surface area contributed by atoms with Gasteiger partial charge < -0.3 is 14.5 Å². The quantitative estimate of drug-likeness (QED) is 0.0459. The molecular formula is C50H100N2O2. The summed E-state index contributed by atoms with van der Waals surface area (Å²) in [5.41, 5.74) is 0. The van der Waals surface area contributed by atoms with E-state index in [0.29, 0.717) is 6.42 Å². The van der Waals surface area contributed by atoms with Gasteiger partial charge in [0.25, 0.3) is 0 Å². The Hall–Kier alpha value is -0.610. The molecular weight excluding hydrogens is 661 g/mol. The minimum atomic E-state index is 0.0539. The zero-order valence-electron chi connectivity index (χ0n) is 37.9. The topological polar surface area (TPSA) is 32.8 Å². The third-order valence-electron chi connectivity index (χ3n) is 12.9. The van der Waals surface area contributed by atoms with Crippen molar-refractivity contribution in [2.75, 3.05) is 39.8 Å². The monoisotopic (exact) mass is 761 g/mol. The number of ether oxygens (including phenoxy) is 1. The third-order valence-corrected chi connectivity index (χ3v) is 12.9. The largest absolute Gasteiger partial charge is 0.462 e. The van der Waals surface area contributed by atoms with Gasteiger partial charge in [-0.25, -0.2) is 0 Å². The number of carbonyl (C=O) groups excluding carboxylic acids is 1. The fourth-order valence-corrected chi connectivity index (χ4v) is 8.95. The highest BCUT2D eigenvalue weighted by Gasteiger charge is 2.17. The van der Waals surface area contributed by atoms with Crippen LogP contribution in [-0.4, -0.2) is 61.6 Å². The summed E-state index contributed by atoms with van der Waals surface area (Å²) >= 11 is 0. The van der Waals surface area contributed by atoms with Gasteiger partial charge in [-0.2, -0.15) is 0 Å². The Morgan fingerprint density at radius 1 is 0.426 bits per heavy atom. The number of hydrogen-bond donors (Lipinski definition) is 0. The van der Waals surface area contributed by atoms with Crippen molar-refractivity contribution in [2.45, 2.75) is 265 Å². The van der Waals surface area contributed by atoms with Crippen molar-refractivity contribution in [2.24, 2.45) is 11.8 Å². The Bertz CT molecular complexity index is 708. The average Bonchev–Trinajstić information content (AvgIpc) is 3.17. The molecule has 322 valence electrons. The SMILES string of the molecule is CCCCC(CCCC)CCCCCCCCCCCC(CCCCCCCCCCCC(CCCC)CCCC)OC(=O)CCCN1CCN(C)CC1. The van der Waals surface area contributed by atoms with Crippen molar-refractivity contribution in [1.82, 2.24) is 9.80 Å². The van der Waals surface area contributed by atoms with Crippen LogP contribution in [0.4, 0.5) is 0 Å². The van der Waals surface area contributed by atoms with Gasteiger partial charge in [-0.1, -0.05) is 220 Å². The molecule has 0 spiro atoms. The smallest absolute Gasteiger partial charge is 0.306 e. The summed E-state index contributed by atoms with van der Waals surface area (Å²) in [5, 5.41) is 0. The highest BCUT2D eigenvalue weighted by atomic mass is 16.5. The van der Waals surface area contributed by atoms with Gasteiger partial charge >= 0.3 is 5.97 Å². The van der Waals surface area contributed by atoms with E-state index in [1.54, 1.807) is 0 Å². The Balaban J connectivity index is 2.23. The average molecular weight is 761 g/mol. The van der Waals surface area contributed by atoms with E-state index < -0.39 is 0 Å². The number of unbranched alkanes of at least 4 members (excludes halogenated alkanes) is 20. The molecule has 4 heteroatoms. The highest BCUT2D eigenvalue weighted by Crippen LogP contribution is 2.25. The number of esters is 1. The van der Waals surface area contributed by atoms with Crippen molar-refractivity contribution >= 4 is 5.97 Å². The van der Waals surface area contributed by atoms with Crippen LogP contribution in [0, 0.1) is 11.8 Å². The van der Waals surface area contributed by atoms with Crippen LogP contribution in [0.25, 0.3) is 0 Å². The minimum absolute atomic E-state index is 0.0539. The van der Waals surface area contributed by atoms with Crippen molar-refractivity contribution in [3.05, 3.63) is 0 Å². The van der Waals surface area contributed by atoms with Gasteiger partial charge in [-0.05, 0) is 57.5 Å². The Labute approximate surface area is 340 Å². The van der Waals surface area contributed by atoms with Gasteiger partial charge in [0.15, 0.2) is 0 Å². The number of hydrogen-bond acceptors (Lipinski definition) is 4. The second-order valence-corrected chi connectivity index (χ2v) is 18.2. The molecule has 0 bridgehead atoms. The van der Waals surface area contributed by atoms with Crippen molar-refractivity contribution in [3.8, 4) is 0 Å². The summed E-state index contributed by atoms with van der Waals surface area (Å²) in [4.78, 5) is 17.8. The van der Waals surface area contributed by atoms with Gasteiger partial charge in [-0.15, -0.1) is 0 Å². The molecule has 1 saturated heterocycles. The highest BCUT2D eigenvalue weighted by molar-refractivity contribution is 5.69. The predicted molar refractivity (Wildman–Crippen MR) is 240 cm³/mol. The first-order chi connectivity index (χ1) is 26.5. The Morgan fingerprint density at radius 3 is 1.09 bits per heavy atom. The molecule has 1 fully saturated rings. The molecule has 1 heterocycles. The van der Waals surface area contributed by atoms with Crippen LogP contribution in [0.1, 0.15) is 259 Å². The fraction of sp³-hybridized carbons (Fsp3) is 0.980. The van der Waals surface area contributed by atoms with E-state index >= 15 is 0 Å². The fourth-order valence-electron chi connectivity index (χ4n) is 8.95.